The number of aromatic amines is 1. The maximum absolute atomic E-state index is 13.0. The van der Waals surface area contributed by atoms with E-state index >= 15 is 0 Å². The van der Waals surface area contributed by atoms with Crippen molar-refractivity contribution in [3.05, 3.63) is 45.7 Å². The molecule has 0 saturated carbocycles. The molecule has 0 bridgehead atoms. The molecule has 6 nitrogen and oxygen atoms in total. The van der Waals surface area contributed by atoms with Crippen LogP contribution in [0.3, 0.4) is 0 Å². The number of sulfonamides is 1. The number of carbonyl (C=O) groups is 1. The number of benzene rings is 1. The summed E-state index contributed by atoms with van der Waals surface area (Å²) in [5, 5.41) is 0.473. The first-order chi connectivity index (χ1) is 12.2. The van der Waals surface area contributed by atoms with Crippen molar-refractivity contribution in [3.8, 4) is 0 Å². The molecule has 3 rings (SSSR count). The van der Waals surface area contributed by atoms with Crippen LogP contribution in [0.5, 0.6) is 0 Å². The van der Waals surface area contributed by atoms with E-state index in [1.54, 1.807) is 36.9 Å². The normalized spacial score (nSPS) is 14.7. The number of rotatable bonds is 4. The molecule has 1 aromatic carbocycles. The maximum atomic E-state index is 13.0. The Kier molecular flexibility index (Phi) is 5.03. The molecule has 1 amide bonds. The first kappa shape index (κ1) is 18.8. The van der Waals surface area contributed by atoms with Gasteiger partial charge in [-0.3, -0.25) is 9.52 Å². The minimum Gasteiger partial charge on any atom is -0.361 e. The minimum atomic E-state index is -3.95. The van der Waals surface area contributed by atoms with Crippen LogP contribution in [0.1, 0.15) is 40.2 Å². The van der Waals surface area contributed by atoms with Crippen LogP contribution < -0.4 is 4.72 Å². The quantitative estimate of drug-likeness (QED) is 0.829. The Labute approximate surface area is 158 Å². The molecule has 2 N–H and O–H groups in total. The topological polar surface area (TPSA) is 82.3 Å². The molecule has 0 unspecified atom stereocenters. The molecule has 1 aliphatic heterocycles. The molecule has 1 aliphatic rings. The number of aryl methyl sites for hydroxylation is 3. The lowest BCUT2D eigenvalue weighted by Crippen LogP contribution is -2.29. The summed E-state index contributed by atoms with van der Waals surface area (Å²) >= 11 is 6.09. The molecule has 0 aliphatic carbocycles. The van der Waals surface area contributed by atoms with Gasteiger partial charge in [-0.25, -0.2) is 8.42 Å². The molecule has 2 aromatic rings. The van der Waals surface area contributed by atoms with Crippen molar-refractivity contribution in [2.75, 3.05) is 17.8 Å². The van der Waals surface area contributed by atoms with Crippen molar-refractivity contribution >= 4 is 33.2 Å². The number of likely N-dealkylation sites (tertiary alicyclic amines) is 1. The number of carbonyl (C=O) groups excluding carboxylic acids is 1. The largest absolute Gasteiger partial charge is 0.361 e. The van der Waals surface area contributed by atoms with Gasteiger partial charge in [0, 0.05) is 29.5 Å². The van der Waals surface area contributed by atoms with Gasteiger partial charge in [0.25, 0.3) is 15.9 Å². The van der Waals surface area contributed by atoms with Gasteiger partial charge in [0.2, 0.25) is 0 Å². The number of nitrogens with zero attached hydrogens (tertiary/aromatic N) is 1. The van der Waals surface area contributed by atoms with Crippen molar-refractivity contribution in [2.45, 2.75) is 38.5 Å². The van der Waals surface area contributed by atoms with E-state index < -0.39 is 10.0 Å². The van der Waals surface area contributed by atoms with Gasteiger partial charge in [0.15, 0.2) is 0 Å². The predicted molar refractivity (Wildman–Crippen MR) is 102 cm³/mol. The Morgan fingerprint density at radius 1 is 1.15 bits per heavy atom. The summed E-state index contributed by atoms with van der Waals surface area (Å²) in [5.41, 5.74) is 2.43. The van der Waals surface area contributed by atoms with Gasteiger partial charge in [0.05, 0.1) is 11.3 Å². The highest BCUT2D eigenvalue weighted by molar-refractivity contribution is 7.92. The average Bonchev–Trinajstić information content (AvgIpc) is 3.18. The van der Waals surface area contributed by atoms with E-state index in [9.17, 15) is 13.2 Å². The summed E-state index contributed by atoms with van der Waals surface area (Å²) in [6.45, 7) is 6.53. The lowest BCUT2D eigenvalue weighted by atomic mass is 10.2. The van der Waals surface area contributed by atoms with Crippen molar-refractivity contribution in [3.63, 3.8) is 0 Å². The lowest BCUT2D eigenvalue weighted by Gasteiger charge is -2.17. The molecule has 0 radical (unpaired) electrons. The van der Waals surface area contributed by atoms with E-state index in [1.165, 1.54) is 0 Å². The van der Waals surface area contributed by atoms with Gasteiger partial charge in [-0.05, 0) is 51.3 Å². The molecular weight excluding hydrogens is 374 g/mol. The number of halogens is 1. The third kappa shape index (κ3) is 3.46. The standard InChI is InChI=1S/C18H22ClN3O3S/c1-11-6-7-14(10-15(11)19)21-26(24,25)17-13(3)20-12(2)16(17)18(23)22-8-4-5-9-22/h6-7,10,20-21H,4-5,8-9H2,1-3H3. The lowest BCUT2D eigenvalue weighted by molar-refractivity contribution is 0.0788. The fraction of sp³-hybridized carbons (Fsp3) is 0.389. The van der Waals surface area contributed by atoms with Gasteiger partial charge in [-0.1, -0.05) is 17.7 Å². The third-order valence-corrected chi connectivity index (χ3v) is 6.58. The maximum Gasteiger partial charge on any atom is 0.264 e. The van der Waals surface area contributed by atoms with Crippen LogP contribution in [-0.2, 0) is 10.0 Å². The Bertz CT molecular complexity index is 960. The number of aromatic nitrogens is 1. The van der Waals surface area contributed by atoms with Crippen molar-refractivity contribution < 1.29 is 13.2 Å². The molecule has 0 atom stereocenters. The van der Waals surface area contributed by atoms with Gasteiger partial charge in [0.1, 0.15) is 4.90 Å². The SMILES string of the molecule is Cc1ccc(NS(=O)(=O)c2c(C)[nH]c(C)c2C(=O)N2CCCC2)cc1Cl. The highest BCUT2D eigenvalue weighted by Crippen LogP contribution is 2.29. The molecular formula is C18H22ClN3O3S. The number of anilines is 1. The Balaban J connectivity index is 2.01. The first-order valence-corrected chi connectivity index (χ1v) is 10.3. The van der Waals surface area contributed by atoms with E-state index in [0.29, 0.717) is 35.2 Å². The van der Waals surface area contributed by atoms with Gasteiger partial charge >= 0.3 is 0 Å². The predicted octanol–water partition coefficient (Wildman–Crippen LogP) is 3.63. The average molecular weight is 396 g/mol. The first-order valence-electron chi connectivity index (χ1n) is 8.48. The molecule has 1 aromatic heterocycles. The van der Waals surface area contributed by atoms with Crippen LogP contribution in [-0.4, -0.2) is 37.3 Å². The summed E-state index contributed by atoms with van der Waals surface area (Å²) in [5.74, 6) is -0.244. The van der Waals surface area contributed by atoms with Crippen molar-refractivity contribution in [2.24, 2.45) is 0 Å². The van der Waals surface area contributed by atoms with Gasteiger partial charge in [-0.15, -0.1) is 0 Å². The number of hydrogen-bond acceptors (Lipinski definition) is 3. The highest BCUT2D eigenvalue weighted by Gasteiger charge is 2.32. The number of nitrogens with one attached hydrogen (secondary N) is 2. The van der Waals surface area contributed by atoms with Crippen LogP contribution in [0, 0.1) is 20.8 Å². The molecule has 0 spiro atoms. The van der Waals surface area contributed by atoms with E-state index in [-0.39, 0.29) is 16.4 Å². The summed E-state index contributed by atoms with van der Waals surface area (Å²) in [6.07, 6.45) is 1.88. The van der Waals surface area contributed by atoms with Gasteiger partial charge in [-0.2, -0.15) is 0 Å². The van der Waals surface area contributed by atoms with Crippen LogP contribution in [0.25, 0.3) is 0 Å². The molecule has 1 fully saturated rings. The van der Waals surface area contributed by atoms with Crippen LogP contribution >= 0.6 is 11.6 Å². The number of amides is 1. The molecule has 26 heavy (non-hydrogen) atoms. The second-order valence-electron chi connectivity index (χ2n) is 6.65. The van der Waals surface area contributed by atoms with Crippen molar-refractivity contribution in [1.29, 1.82) is 0 Å². The van der Waals surface area contributed by atoms with Crippen LogP contribution in [0.4, 0.5) is 5.69 Å². The Hall–Kier alpha value is -1.99. The van der Waals surface area contributed by atoms with Crippen molar-refractivity contribution in [1.82, 2.24) is 9.88 Å². The van der Waals surface area contributed by atoms with E-state index in [4.69, 9.17) is 11.6 Å². The summed E-state index contributed by atoms with van der Waals surface area (Å²) in [6, 6.07) is 4.95. The Morgan fingerprint density at radius 2 is 1.81 bits per heavy atom. The van der Waals surface area contributed by atoms with E-state index in [0.717, 1.165) is 18.4 Å². The fourth-order valence-electron chi connectivity index (χ4n) is 3.29. The second kappa shape index (κ2) is 6.96. The molecule has 140 valence electrons. The number of H-pyrrole nitrogens is 1. The van der Waals surface area contributed by atoms with E-state index in [1.807, 2.05) is 6.92 Å². The van der Waals surface area contributed by atoms with E-state index in [2.05, 4.69) is 9.71 Å². The molecule has 2 heterocycles. The zero-order valence-electron chi connectivity index (χ0n) is 15.0. The summed E-state index contributed by atoms with van der Waals surface area (Å²) < 4.78 is 28.6. The van der Waals surface area contributed by atoms with Gasteiger partial charge < -0.3 is 9.88 Å². The highest BCUT2D eigenvalue weighted by atomic mass is 35.5. The zero-order valence-corrected chi connectivity index (χ0v) is 16.6. The summed E-state index contributed by atoms with van der Waals surface area (Å²) in [7, 11) is -3.95. The number of hydrogen-bond donors (Lipinski definition) is 2. The summed E-state index contributed by atoms with van der Waals surface area (Å²) in [4.78, 5) is 17.6. The van der Waals surface area contributed by atoms with Crippen LogP contribution in [0.15, 0.2) is 23.1 Å². The Morgan fingerprint density at radius 3 is 2.42 bits per heavy atom. The second-order valence-corrected chi connectivity index (χ2v) is 8.67. The fourth-order valence-corrected chi connectivity index (χ4v) is 4.98. The third-order valence-electron chi connectivity index (χ3n) is 4.62. The molecule has 8 heteroatoms. The smallest absolute Gasteiger partial charge is 0.264 e. The zero-order chi connectivity index (χ0) is 19.1. The van der Waals surface area contributed by atoms with Crippen LogP contribution in [0.2, 0.25) is 5.02 Å². The molecule has 1 saturated heterocycles. The monoisotopic (exact) mass is 395 g/mol. The minimum absolute atomic E-state index is 0.00333.